The van der Waals surface area contributed by atoms with E-state index < -0.39 is 41.9 Å². The van der Waals surface area contributed by atoms with Gasteiger partial charge < -0.3 is 9.64 Å². The Bertz CT molecular complexity index is 986. The van der Waals surface area contributed by atoms with Gasteiger partial charge in [0.05, 0.1) is 18.2 Å². The second-order valence-electron chi connectivity index (χ2n) is 6.90. The van der Waals surface area contributed by atoms with E-state index in [9.17, 15) is 22.8 Å². The summed E-state index contributed by atoms with van der Waals surface area (Å²) in [6.07, 6.45) is 1.19. The Balaban J connectivity index is 1.66. The summed E-state index contributed by atoms with van der Waals surface area (Å²) in [5.74, 6) is -4.45. The smallest absolute Gasteiger partial charge is 0.251 e. The number of ether oxygens (including phenoxy) is 1. The van der Waals surface area contributed by atoms with E-state index in [-0.39, 0.29) is 36.5 Å². The van der Waals surface area contributed by atoms with E-state index >= 15 is 0 Å². The molecule has 4 rings (SSSR count). The maximum Gasteiger partial charge on any atom is 0.251 e. The maximum absolute atomic E-state index is 14.3. The monoisotopic (exact) mass is 425 g/mol. The van der Waals surface area contributed by atoms with Crippen molar-refractivity contribution in [3.05, 3.63) is 58.5 Å². The number of hydrogen-bond donors (Lipinski definition) is 0. The summed E-state index contributed by atoms with van der Waals surface area (Å²) in [5, 5.41) is 0.0611. The number of carbonyl (C=O) groups excluding carboxylic acids is 2. The number of anilines is 1. The van der Waals surface area contributed by atoms with Crippen LogP contribution < -0.4 is 4.90 Å². The van der Waals surface area contributed by atoms with Crippen LogP contribution in [0.15, 0.2) is 30.5 Å². The number of piperazine rings is 1. The molecule has 1 atom stereocenters. The number of amides is 2. The zero-order valence-corrected chi connectivity index (χ0v) is 15.7. The minimum atomic E-state index is -1.05. The van der Waals surface area contributed by atoms with Crippen LogP contribution in [0.25, 0.3) is 0 Å². The van der Waals surface area contributed by atoms with Gasteiger partial charge in [-0.2, -0.15) is 0 Å². The largest absolute Gasteiger partial charge is 0.380 e. The van der Waals surface area contributed by atoms with Gasteiger partial charge in [0.2, 0.25) is 5.91 Å². The summed E-state index contributed by atoms with van der Waals surface area (Å²) < 4.78 is 46.2. The van der Waals surface area contributed by atoms with E-state index in [1.54, 1.807) is 0 Å². The Morgan fingerprint density at radius 1 is 1.10 bits per heavy atom. The van der Waals surface area contributed by atoms with E-state index in [4.69, 9.17) is 16.3 Å². The molecule has 0 N–H and O–H groups in total. The van der Waals surface area contributed by atoms with Gasteiger partial charge in [0.25, 0.3) is 5.91 Å². The van der Waals surface area contributed by atoms with Crippen LogP contribution in [0.2, 0.25) is 5.02 Å². The highest BCUT2D eigenvalue weighted by atomic mass is 35.5. The summed E-state index contributed by atoms with van der Waals surface area (Å²) >= 11 is 5.71. The van der Waals surface area contributed by atoms with E-state index in [1.165, 1.54) is 17.2 Å². The first-order valence-electron chi connectivity index (χ1n) is 8.78. The molecule has 2 aliphatic heterocycles. The second kappa shape index (κ2) is 7.64. The molecule has 0 bridgehead atoms. The summed E-state index contributed by atoms with van der Waals surface area (Å²) in [4.78, 5) is 32.2. The molecule has 10 heteroatoms. The van der Waals surface area contributed by atoms with E-state index in [0.717, 1.165) is 23.1 Å². The molecule has 6 nitrogen and oxygen atoms in total. The number of halogens is 4. The molecule has 1 aromatic heterocycles. The van der Waals surface area contributed by atoms with Crippen molar-refractivity contribution >= 4 is 29.2 Å². The van der Waals surface area contributed by atoms with Crippen LogP contribution in [0, 0.1) is 23.4 Å². The Kier molecular flexibility index (Phi) is 5.18. The summed E-state index contributed by atoms with van der Waals surface area (Å²) in [5.41, 5.74) is 0.333. The van der Waals surface area contributed by atoms with Crippen molar-refractivity contribution < 1.29 is 27.5 Å². The van der Waals surface area contributed by atoms with Gasteiger partial charge in [0.15, 0.2) is 23.3 Å². The molecule has 2 aliphatic rings. The lowest BCUT2D eigenvalue weighted by molar-refractivity contribution is -0.155. The zero-order chi connectivity index (χ0) is 20.7. The van der Waals surface area contributed by atoms with Crippen molar-refractivity contribution in [2.24, 2.45) is 5.92 Å². The molecule has 29 heavy (non-hydrogen) atoms. The normalized spacial score (nSPS) is 20.2. The third kappa shape index (κ3) is 3.67. The molecular weight excluding hydrogens is 411 g/mol. The first-order valence-corrected chi connectivity index (χ1v) is 9.16. The topological polar surface area (TPSA) is 62.7 Å². The van der Waals surface area contributed by atoms with Gasteiger partial charge in [0.1, 0.15) is 12.6 Å². The number of rotatable bonds is 4. The summed E-state index contributed by atoms with van der Waals surface area (Å²) in [7, 11) is 0. The van der Waals surface area contributed by atoms with Gasteiger partial charge in [0, 0.05) is 18.7 Å². The van der Waals surface area contributed by atoms with Crippen LogP contribution in [-0.2, 0) is 20.9 Å². The molecular formula is C19H15ClF3N3O3. The quantitative estimate of drug-likeness (QED) is 0.755. The molecule has 0 unspecified atom stereocenters. The average Bonchev–Trinajstić information content (AvgIpc) is 2.62. The first-order chi connectivity index (χ1) is 13.8. The van der Waals surface area contributed by atoms with Gasteiger partial charge in [-0.3, -0.25) is 14.5 Å². The van der Waals surface area contributed by atoms with Crippen LogP contribution in [-0.4, -0.2) is 47.5 Å². The Hall–Kier alpha value is -2.65. The Morgan fingerprint density at radius 2 is 1.86 bits per heavy atom. The fourth-order valence-corrected chi connectivity index (χ4v) is 3.60. The van der Waals surface area contributed by atoms with Crippen molar-refractivity contribution in [1.29, 1.82) is 0 Å². The van der Waals surface area contributed by atoms with Gasteiger partial charge >= 0.3 is 0 Å². The lowest BCUT2D eigenvalue weighted by atomic mass is 9.92. The molecule has 2 saturated heterocycles. The second-order valence-corrected chi connectivity index (χ2v) is 7.33. The number of nitrogens with zero attached hydrogens (tertiary/aromatic N) is 3. The number of benzene rings is 1. The number of carbonyl (C=O) groups is 2. The number of pyridine rings is 1. The fourth-order valence-electron chi connectivity index (χ4n) is 3.45. The molecule has 0 radical (unpaired) electrons. The van der Waals surface area contributed by atoms with Gasteiger partial charge in [-0.1, -0.05) is 17.7 Å². The van der Waals surface area contributed by atoms with Crippen molar-refractivity contribution in [1.82, 2.24) is 9.88 Å². The predicted octanol–water partition coefficient (Wildman–Crippen LogP) is 2.54. The highest BCUT2D eigenvalue weighted by Crippen LogP contribution is 2.30. The van der Waals surface area contributed by atoms with Crippen molar-refractivity contribution in [2.75, 3.05) is 24.7 Å². The Labute approximate surface area is 168 Å². The molecule has 1 aromatic carbocycles. The molecule has 2 fully saturated rings. The molecule has 2 amide bonds. The lowest BCUT2D eigenvalue weighted by Gasteiger charge is -2.45. The summed E-state index contributed by atoms with van der Waals surface area (Å²) in [6, 6.07) is 3.36. The van der Waals surface area contributed by atoms with Gasteiger partial charge in [-0.05, 0) is 23.8 Å². The van der Waals surface area contributed by atoms with Crippen LogP contribution >= 0.6 is 11.6 Å². The third-order valence-electron chi connectivity index (χ3n) is 4.96. The third-order valence-corrected chi connectivity index (χ3v) is 5.17. The van der Waals surface area contributed by atoms with E-state index in [2.05, 4.69) is 4.98 Å². The van der Waals surface area contributed by atoms with Crippen molar-refractivity contribution in [2.45, 2.75) is 12.6 Å². The molecule has 2 aromatic rings. The van der Waals surface area contributed by atoms with Crippen molar-refractivity contribution in [3.8, 4) is 0 Å². The first kappa shape index (κ1) is 19.7. The van der Waals surface area contributed by atoms with Gasteiger partial charge in [-0.25, -0.2) is 18.2 Å². The van der Waals surface area contributed by atoms with Crippen molar-refractivity contribution in [3.63, 3.8) is 0 Å². The van der Waals surface area contributed by atoms with E-state index in [1.807, 2.05) is 0 Å². The SMILES string of the molecule is O=C1[C@@H](C2COC2)N(Cc2ccc(F)c(F)c2)C(=O)CN1c1ncc(Cl)cc1F. The number of aromatic nitrogens is 1. The zero-order valence-electron chi connectivity index (χ0n) is 14.9. The predicted molar refractivity (Wildman–Crippen MR) is 96.6 cm³/mol. The Morgan fingerprint density at radius 3 is 2.48 bits per heavy atom. The molecule has 0 spiro atoms. The molecule has 0 saturated carbocycles. The minimum absolute atomic E-state index is 0.0611. The number of hydrogen-bond acceptors (Lipinski definition) is 4. The van der Waals surface area contributed by atoms with Gasteiger partial charge in [-0.15, -0.1) is 0 Å². The van der Waals surface area contributed by atoms with Crippen LogP contribution in [0.3, 0.4) is 0 Å². The standard InChI is InChI=1S/C19H15ClF3N3O3/c20-12-4-15(23)18(24-5-12)26-7-16(27)25(17(19(26)28)11-8-29-9-11)6-10-1-2-13(21)14(22)3-10/h1-5,11,17H,6-9H2/t17-/m1/s1. The highest BCUT2D eigenvalue weighted by Gasteiger charge is 2.47. The van der Waals surface area contributed by atoms with E-state index in [0.29, 0.717) is 5.56 Å². The summed E-state index contributed by atoms with van der Waals surface area (Å²) in [6.45, 7) is -0.0177. The fraction of sp³-hybridized carbons (Fsp3) is 0.316. The van der Waals surface area contributed by atoms with Crippen LogP contribution in [0.1, 0.15) is 5.56 Å². The minimum Gasteiger partial charge on any atom is -0.380 e. The lowest BCUT2D eigenvalue weighted by Crippen LogP contribution is -2.65. The molecule has 152 valence electrons. The maximum atomic E-state index is 14.3. The van der Waals surface area contributed by atoms with Crippen LogP contribution in [0.5, 0.6) is 0 Å². The average molecular weight is 426 g/mol. The molecule has 0 aliphatic carbocycles. The van der Waals surface area contributed by atoms with Crippen LogP contribution in [0.4, 0.5) is 19.0 Å². The highest BCUT2D eigenvalue weighted by molar-refractivity contribution is 6.30. The molecule has 3 heterocycles.